The monoisotopic (exact) mass is 294 g/mol. The first-order valence-electron chi connectivity index (χ1n) is 4.99. The van der Waals surface area contributed by atoms with Crippen molar-refractivity contribution in [2.24, 2.45) is 0 Å². The van der Waals surface area contributed by atoms with Gasteiger partial charge < -0.3 is 14.9 Å². The molecule has 4 heteroatoms. The zero-order valence-corrected chi connectivity index (χ0v) is 10.7. The molecule has 0 saturated carbocycles. The third kappa shape index (κ3) is 2.08. The van der Waals surface area contributed by atoms with Gasteiger partial charge in [0.05, 0.1) is 12.7 Å². The minimum absolute atomic E-state index is 0.0197. The van der Waals surface area contributed by atoms with Gasteiger partial charge in [-0.05, 0) is 21.5 Å². The molecule has 0 aliphatic rings. The van der Waals surface area contributed by atoms with Crippen LogP contribution in [0.3, 0.4) is 0 Å². The molecule has 0 saturated heterocycles. The molecule has 2 rings (SSSR count). The van der Waals surface area contributed by atoms with Crippen molar-refractivity contribution < 1.29 is 14.9 Å². The third-order valence-electron chi connectivity index (χ3n) is 2.45. The molecule has 0 aliphatic carbocycles. The Labute approximate surface area is 107 Å². The highest BCUT2D eigenvalue weighted by Crippen LogP contribution is 2.46. The fourth-order valence-electron chi connectivity index (χ4n) is 1.68. The van der Waals surface area contributed by atoms with Gasteiger partial charge >= 0.3 is 0 Å². The molecular formula is C13H11BrO3. The zero-order valence-electron chi connectivity index (χ0n) is 9.14. The Hall–Kier alpha value is -1.68. The quantitative estimate of drug-likeness (QED) is 0.891. The molecule has 2 aromatic rings. The van der Waals surface area contributed by atoms with E-state index in [1.807, 2.05) is 30.3 Å². The number of aromatic hydroxyl groups is 2. The fraction of sp³-hybridized carbons (Fsp3) is 0.0769. The zero-order chi connectivity index (χ0) is 12.4. The van der Waals surface area contributed by atoms with Crippen molar-refractivity contribution >= 4 is 15.9 Å². The topological polar surface area (TPSA) is 49.7 Å². The molecule has 0 unspecified atom stereocenters. The molecule has 17 heavy (non-hydrogen) atoms. The van der Waals surface area contributed by atoms with Crippen LogP contribution in [0.5, 0.6) is 17.2 Å². The van der Waals surface area contributed by atoms with E-state index >= 15 is 0 Å². The second-order valence-electron chi connectivity index (χ2n) is 3.50. The minimum atomic E-state index is -0.0565. The van der Waals surface area contributed by atoms with Crippen LogP contribution in [0.25, 0.3) is 11.1 Å². The minimum Gasteiger partial charge on any atom is -0.507 e. The molecular weight excluding hydrogens is 284 g/mol. The lowest BCUT2D eigenvalue weighted by molar-refractivity contribution is 0.396. The number of methoxy groups -OCH3 is 1. The normalized spacial score (nSPS) is 10.2. The summed E-state index contributed by atoms with van der Waals surface area (Å²) in [5.74, 6) is 0.335. The maximum Gasteiger partial charge on any atom is 0.148 e. The summed E-state index contributed by atoms with van der Waals surface area (Å²) in [7, 11) is 1.49. The first-order valence-corrected chi connectivity index (χ1v) is 5.78. The number of benzene rings is 2. The van der Waals surface area contributed by atoms with E-state index in [1.165, 1.54) is 13.2 Å². The van der Waals surface area contributed by atoms with Gasteiger partial charge in [-0.2, -0.15) is 0 Å². The van der Waals surface area contributed by atoms with Crippen LogP contribution >= 0.6 is 15.9 Å². The van der Waals surface area contributed by atoms with E-state index in [4.69, 9.17) is 4.74 Å². The molecule has 0 aliphatic heterocycles. The van der Waals surface area contributed by atoms with E-state index in [0.717, 1.165) is 5.56 Å². The molecule has 0 atom stereocenters. The molecule has 0 heterocycles. The second-order valence-corrected chi connectivity index (χ2v) is 4.30. The predicted octanol–water partition coefficient (Wildman–Crippen LogP) is 3.54. The molecule has 88 valence electrons. The molecule has 0 amide bonds. The lowest BCUT2D eigenvalue weighted by atomic mass is 10.0. The van der Waals surface area contributed by atoms with Crippen molar-refractivity contribution in [3.63, 3.8) is 0 Å². The van der Waals surface area contributed by atoms with Crippen LogP contribution in [0, 0.1) is 0 Å². The van der Waals surface area contributed by atoms with Gasteiger partial charge in [-0.3, -0.25) is 0 Å². The van der Waals surface area contributed by atoms with E-state index in [9.17, 15) is 10.2 Å². The van der Waals surface area contributed by atoms with Gasteiger partial charge in [0.15, 0.2) is 0 Å². The van der Waals surface area contributed by atoms with Crippen LogP contribution in [0.2, 0.25) is 0 Å². The molecule has 2 aromatic carbocycles. The van der Waals surface area contributed by atoms with E-state index in [0.29, 0.717) is 15.8 Å². The lowest BCUT2D eigenvalue weighted by Crippen LogP contribution is -1.90. The molecule has 0 radical (unpaired) electrons. The van der Waals surface area contributed by atoms with Crippen LogP contribution < -0.4 is 4.74 Å². The van der Waals surface area contributed by atoms with Crippen LogP contribution in [0.4, 0.5) is 0 Å². The average Bonchev–Trinajstić information content (AvgIpc) is 2.34. The van der Waals surface area contributed by atoms with Crippen LogP contribution in [-0.4, -0.2) is 17.3 Å². The average molecular weight is 295 g/mol. The Kier molecular flexibility index (Phi) is 3.24. The lowest BCUT2D eigenvalue weighted by Gasteiger charge is -2.13. The van der Waals surface area contributed by atoms with Gasteiger partial charge in [0.1, 0.15) is 21.7 Å². The second kappa shape index (κ2) is 4.67. The van der Waals surface area contributed by atoms with Gasteiger partial charge in [-0.25, -0.2) is 0 Å². The Bertz CT molecular complexity index is 538. The van der Waals surface area contributed by atoms with Gasteiger partial charge in [-0.15, -0.1) is 0 Å². The predicted molar refractivity (Wildman–Crippen MR) is 69.5 cm³/mol. The fourth-order valence-corrected chi connectivity index (χ4v) is 2.16. The summed E-state index contributed by atoms with van der Waals surface area (Å²) in [6.45, 7) is 0. The first kappa shape index (κ1) is 11.8. The molecule has 0 fully saturated rings. The SMILES string of the molecule is COc1c(Br)c(O)cc(O)c1-c1ccccc1. The number of halogens is 1. The van der Waals surface area contributed by atoms with Crippen molar-refractivity contribution in [3.8, 4) is 28.4 Å². The van der Waals surface area contributed by atoms with E-state index in [2.05, 4.69) is 15.9 Å². The molecule has 2 N–H and O–H groups in total. The van der Waals surface area contributed by atoms with Crippen LogP contribution in [0.1, 0.15) is 0 Å². The van der Waals surface area contributed by atoms with Crippen LogP contribution in [-0.2, 0) is 0 Å². The Morgan fingerprint density at radius 1 is 1.06 bits per heavy atom. The maximum atomic E-state index is 9.92. The van der Waals surface area contributed by atoms with E-state index in [1.54, 1.807) is 0 Å². The molecule has 0 bridgehead atoms. The van der Waals surface area contributed by atoms with Gasteiger partial charge in [0.2, 0.25) is 0 Å². The van der Waals surface area contributed by atoms with E-state index in [-0.39, 0.29) is 11.5 Å². The molecule has 0 aromatic heterocycles. The standard InChI is InChI=1S/C13H11BrO3/c1-17-13-11(8-5-3-2-4-6-8)9(15)7-10(16)12(13)14/h2-7,15-16H,1H3. The number of rotatable bonds is 2. The molecule has 0 spiro atoms. The summed E-state index contributed by atoms with van der Waals surface area (Å²) >= 11 is 3.24. The maximum absolute atomic E-state index is 9.92. The highest BCUT2D eigenvalue weighted by Gasteiger charge is 2.18. The summed E-state index contributed by atoms with van der Waals surface area (Å²) in [6.07, 6.45) is 0. The summed E-state index contributed by atoms with van der Waals surface area (Å²) in [4.78, 5) is 0. The Morgan fingerprint density at radius 2 is 1.71 bits per heavy atom. The summed E-state index contributed by atoms with van der Waals surface area (Å²) in [5.41, 5.74) is 1.38. The molecule has 3 nitrogen and oxygen atoms in total. The number of hydrogen-bond acceptors (Lipinski definition) is 3. The van der Waals surface area contributed by atoms with E-state index < -0.39 is 0 Å². The number of ether oxygens (including phenoxy) is 1. The van der Waals surface area contributed by atoms with Crippen molar-refractivity contribution in [1.82, 2.24) is 0 Å². The summed E-state index contributed by atoms with van der Waals surface area (Å²) in [6, 6.07) is 10.6. The highest BCUT2D eigenvalue weighted by molar-refractivity contribution is 9.10. The number of phenols is 2. The van der Waals surface area contributed by atoms with Gasteiger partial charge in [0, 0.05) is 6.07 Å². The number of phenolic OH excluding ortho intramolecular Hbond substituents is 2. The Balaban J connectivity index is 2.73. The van der Waals surface area contributed by atoms with Gasteiger partial charge in [-0.1, -0.05) is 30.3 Å². The highest BCUT2D eigenvalue weighted by atomic mass is 79.9. The van der Waals surface area contributed by atoms with Crippen molar-refractivity contribution in [3.05, 3.63) is 40.9 Å². The van der Waals surface area contributed by atoms with Crippen molar-refractivity contribution in [1.29, 1.82) is 0 Å². The van der Waals surface area contributed by atoms with Crippen molar-refractivity contribution in [2.45, 2.75) is 0 Å². The largest absolute Gasteiger partial charge is 0.507 e. The third-order valence-corrected chi connectivity index (χ3v) is 3.21. The summed E-state index contributed by atoms with van der Waals surface area (Å²) in [5, 5.41) is 19.5. The van der Waals surface area contributed by atoms with Crippen LogP contribution in [0.15, 0.2) is 40.9 Å². The summed E-state index contributed by atoms with van der Waals surface area (Å²) < 4.78 is 5.65. The van der Waals surface area contributed by atoms with Crippen molar-refractivity contribution in [2.75, 3.05) is 7.11 Å². The first-order chi connectivity index (χ1) is 8.15. The van der Waals surface area contributed by atoms with Gasteiger partial charge in [0.25, 0.3) is 0 Å². The smallest absolute Gasteiger partial charge is 0.148 e. The number of hydrogen-bond donors (Lipinski definition) is 2. The Morgan fingerprint density at radius 3 is 2.29 bits per heavy atom.